The molecule has 7 nitrogen and oxygen atoms in total. The van der Waals surface area contributed by atoms with Crippen LogP contribution in [0.5, 0.6) is 11.5 Å². The third kappa shape index (κ3) is 4.49. The minimum atomic E-state index is -0.317. The maximum Gasteiger partial charge on any atom is 0.282 e. The first-order valence-corrected chi connectivity index (χ1v) is 13.2. The lowest BCUT2D eigenvalue weighted by atomic mass is 10.2. The van der Waals surface area contributed by atoms with Crippen LogP contribution < -0.4 is 15.0 Å². The largest absolute Gasteiger partial charge is 0.492 e. The van der Waals surface area contributed by atoms with Gasteiger partial charge in [0, 0.05) is 19.9 Å². The molecule has 2 aromatic heterocycles. The zero-order valence-corrected chi connectivity index (χ0v) is 23.8. The topological polar surface area (TPSA) is 78.9 Å². The Labute approximate surface area is 231 Å². The number of hydrogen-bond acceptors (Lipinski definition) is 6. The van der Waals surface area contributed by atoms with E-state index in [1.54, 1.807) is 37.6 Å². The molecule has 0 bridgehead atoms. The van der Waals surface area contributed by atoms with Crippen LogP contribution in [0.4, 0.5) is 0 Å². The molecule has 0 amide bonds. The molecule has 36 heavy (non-hydrogen) atoms. The molecule has 2 heterocycles. The van der Waals surface area contributed by atoms with Crippen molar-refractivity contribution in [1.29, 1.82) is 0 Å². The Morgan fingerprint density at radius 2 is 1.89 bits per heavy atom. The summed E-state index contributed by atoms with van der Waals surface area (Å²) in [6.45, 7) is 2.35. The monoisotopic (exact) mass is 673 g/mol. The summed E-state index contributed by atoms with van der Waals surface area (Å²) >= 11 is 10.6. The maximum absolute atomic E-state index is 13.5. The second kappa shape index (κ2) is 10.2. The average molecular weight is 676 g/mol. The summed E-state index contributed by atoms with van der Waals surface area (Å²) < 4.78 is 20.8. The van der Waals surface area contributed by atoms with Crippen LogP contribution >= 0.6 is 47.8 Å². The highest BCUT2D eigenvalue weighted by atomic mass is 79.9. The highest BCUT2D eigenvalue weighted by Gasteiger charge is 2.18. The van der Waals surface area contributed by atoms with Gasteiger partial charge in [-0.25, -0.2) is 4.98 Å². The van der Waals surface area contributed by atoms with E-state index in [1.165, 1.54) is 4.68 Å². The molecule has 0 saturated heterocycles. The fourth-order valence-corrected chi connectivity index (χ4v) is 5.15. The van der Waals surface area contributed by atoms with Crippen molar-refractivity contribution in [3.8, 4) is 23.1 Å². The first kappa shape index (κ1) is 24.7. The van der Waals surface area contributed by atoms with Gasteiger partial charge in [0.25, 0.3) is 5.56 Å². The van der Waals surface area contributed by atoms with Crippen molar-refractivity contribution in [3.63, 3.8) is 0 Å². The smallest absolute Gasteiger partial charge is 0.282 e. The van der Waals surface area contributed by atoms with Gasteiger partial charge in [-0.3, -0.25) is 4.79 Å². The lowest BCUT2D eigenvalue weighted by molar-refractivity contribution is 0.309. The number of nitrogens with zero attached hydrogens (tertiary/aromatic N) is 3. The van der Waals surface area contributed by atoms with Crippen molar-refractivity contribution in [3.05, 3.63) is 83.9 Å². The number of methoxy groups -OCH3 is 1. The quantitative estimate of drug-likeness (QED) is 0.176. The van der Waals surface area contributed by atoms with E-state index in [-0.39, 0.29) is 11.4 Å². The molecule has 0 radical (unpaired) electrons. The van der Waals surface area contributed by atoms with Gasteiger partial charge in [0.15, 0.2) is 17.3 Å². The molecule has 0 aliphatic rings. The minimum absolute atomic E-state index is 0.288. The van der Waals surface area contributed by atoms with E-state index in [1.807, 2.05) is 37.3 Å². The molecular formula is C26H18Br3N3O4. The Hall–Kier alpha value is -2.95. The summed E-state index contributed by atoms with van der Waals surface area (Å²) in [6, 6.07) is 16.5. The van der Waals surface area contributed by atoms with Crippen molar-refractivity contribution in [2.75, 3.05) is 13.7 Å². The van der Waals surface area contributed by atoms with Gasteiger partial charge in [-0.15, -0.1) is 0 Å². The molecular weight excluding hydrogens is 658 g/mol. The molecule has 0 atom stereocenters. The predicted octanol–water partition coefficient (Wildman–Crippen LogP) is 7.39. The Balaban J connectivity index is 1.72. The third-order valence-electron chi connectivity index (χ3n) is 5.42. The van der Waals surface area contributed by atoms with Gasteiger partial charge >= 0.3 is 0 Å². The molecule has 0 N–H and O–H groups in total. The fraction of sp³-hybridized carbons (Fsp3) is 0.115. The summed E-state index contributed by atoms with van der Waals surface area (Å²) in [4.78, 5) is 18.3. The van der Waals surface area contributed by atoms with E-state index in [4.69, 9.17) is 18.9 Å². The standard InChI is InChI=1S/C26H18Br3N3O4/c1-3-35-20-12-15(22(28)23(29)24(20)34-2)13-30-32-25(31-18-7-5-4-6-17(18)26(32)33)21-11-14-10-16(27)8-9-19(14)36-21/h4-13H,3H2,1-2H3. The molecule has 5 aromatic rings. The SMILES string of the molecule is CCOc1cc(C=Nn2c(-c3cc4cc(Br)ccc4o3)nc3ccccc3c2=O)c(Br)c(Br)c1OC. The first-order chi connectivity index (χ1) is 17.4. The van der Waals surface area contributed by atoms with Crippen molar-refractivity contribution in [2.24, 2.45) is 5.10 Å². The molecule has 0 aliphatic heterocycles. The summed E-state index contributed by atoms with van der Waals surface area (Å²) in [5.74, 6) is 1.81. The minimum Gasteiger partial charge on any atom is -0.492 e. The lowest BCUT2D eigenvalue weighted by Crippen LogP contribution is -2.20. The molecule has 0 spiro atoms. The summed E-state index contributed by atoms with van der Waals surface area (Å²) in [6.07, 6.45) is 1.57. The second-order valence-corrected chi connectivity index (χ2v) is 10.2. The normalized spacial score (nSPS) is 11.6. The van der Waals surface area contributed by atoms with Crippen LogP contribution in [0.1, 0.15) is 12.5 Å². The Morgan fingerprint density at radius 1 is 1.08 bits per heavy atom. The van der Waals surface area contributed by atoms with Crippen LogP contribution in [0.2, 0.25) is 0 Å². The Morgan fingerprint density at radius 3 is 2.67 bits per heavy atom. The van der Waals surface area contributed by atoms with Gasteiger partial charge in [0.2, 0.25) is 5.82 Å². The molecule has 0 unspecified atom stereocenters. The van der Waals surface area contributed by atoms with E-state index in [0.29, 0.717) is 54.9 Å². The van der Waals surface area contributed by atoms with Crippen LogP contribution in [0.25, 0.3) is 33.5 Å². The summed E-state index contributed by atoms with van der Waals surface area (Å²) in [5, 5.41) is 5.87. The number of aromatic nitrogens is 2. The first-order valence-electron chi connectivity index (χ1n) is 10.9. The number of benzene rings is 3. The number of furan rings is 1. The number of hydrogen-bond donors (Lipinski definition) is 0. The Bertz CT molecular complexity index is 1710. The van der Waals surface area contributed by atoms with Crippen molar-refractivity contribution < 1.29 is 13.9 Å². The highest BCUT2D eigenvalue weighted by Crippen LogP contribution is 2.42. The highest BCUT2D eigenvalue weighted by molar-refractivity contribution is 9.13. The zero-order valence-electron chi connectivity index (χ0n) is 19.1. The van der Waals surface area contributed by atoms with Crippen LogP contribution in [0.15, 0.2) is 82.3 Å². The predicted molar refractivity (Wildman–Crippen MR) is 151 cm³/mol. The molecule has 0 aliphatic carbocycles. The number of para-hydroxylation sites is 1. The molecule has 3 aromatic carbocycles. The summed E-state index contributed by atoms with van der Waals surface area (Å²) in [5.41, 5.74) is 1.58. The van der Waals surface area contributed by atoms with E-state index < -0.39 is 0 Å². The summed E-state index contributed by atoms with van der Waals surface area (Å²) in [7, 11) is 1.57. The van der Waals surface area contributed by atoms with Crippen LogP contribution in [-0.2, 0) is 0 Å². The molecule has 5 rings (SSSR count). The van der Waals surface area contributed by atoms with E-state index in [9.17, 15) is 4.79 Å². The number of halogens is 3. The fourth-order valence-electron chi connectivity index (χ4n) is 3.79. The van der Waals surface area contributed by atoms with Crippen molar-refractivity contribution in [2.45, 2.75) is 6.92 Å². The molecule has 10 heteroatoms. The van der Waals surface area contributed by atoms with Crippen LogP contribution in [0.3, 0.4) is 0 Å². The van der Waals surface area contributed by atoms with Crippen molar-refractivity contribution in [1.82, 2.24) is 9.66 Å². The third-order valence-corrected chi connectivity index (χ3v) is 8.06. The van der Waals surface area contributed by atoms with Crippen molar-refractivity contribution >= 4 is 75.9 Å². The van der Waals surface area contributed by atoms with Gasteiger partial charge in [-0.05, 0) is 81.2 Å². The zero-order chi connectivity index (χ0) is 25.4. The van der Waals surface area contributed by atoms with E-state index >= 15 is 0 Å². The number of fused-ring (bicyclic) bond motifs is 2. The Kier molecular flexibility index (Phi) is 7.00. The van der Waals surface area contributed by atoms with Gasteiger partial charge < -0.3 is 13.9 Å². The molecule has 0 fully saturated rings. The molecule has 182 valence electrons. The van der Waals surface area contributed by atoms with Gasteiger partial charge in [0.1, 0.15) is 5.58 Å². The average Bonchev–Trinajstić information content (AvgIpc) is 3.29. The van der Waals surface area contributed by atoms with Crippen LogP contribution in [-0.4, -0.2) is 29.6 Å². The van der Waals surface area contributed by atoms with Gasteiger partial charge in [-0.1, -0.05) is 28.1 Å². The van der Waals surface area contributed by atoms with E-state index in [2.05, 4.69) is 52.9 Å². The lowest BCUT2D eigenvalue weighted by Gasteiger charge is -2.14. The van der Waals surface area contributed by atoms with Gasteiger partial charge in [-0.2, -0.15) is 9.78 Å². The number of rotatable bonds is 6. The maximum atomic E-state index is 13.5. The van der Waals surface area contributed by atoms with Crippen LogP contribution in [0, 0.1) is 0 Å². The van der Waals surface area contributed by atoms with Gasteiger partial charge in [0.05, 0.1) is 35.3 Å². The number of ether oxygens (including phenoxy) is 2. The molecule has 0 saturated carbocycles. The van der Waals surface area contributed by atoms with E-state index in [0.717, 1.165) is 9.86 Å². The second-order valence-electron chi connectivity index (χ2n) is 7.67.